The number of nitrogens with two attached hydrogens (primary N) is 1. The first kappa shape index (κ1) is 29.2. The Morgan fingerprint density at radius 1 is 1.18 bits per heavy atom. The van der Waals surface area contributed by atoms with Gasteiger partial charge in [0.05, 0.1) is 17.3 Å². The molecular formula is C28H30N8O8. The highest BCUT2D eigenvalue weighted by atomic mass is 16.6. The van der Waals surface area contributed by atoms with Crippen LogP contribution in [0.4, 0.5) is 16.3 Å². The summed E-state index contributed by atoms with van der Waals surface area (Å²) >= 11 is 0. The molecular weight excluding hydrogens is 576 g/mol. The number of carbonyl (C=O) groups excluding carboxylic acids is 2. The molecule has 16 heteroatoms. The standard InChI is InChI=1S/C28H30N8O8/c29-24-20-25(35(14-30-20)27-22(38)21(37)23(44-27)26(39)31-16-7-8-16)33-19(32-24)6-1-3-15-9-11-34(12-10-15)28(40)43-18-5-2-4-17(13-18)36(41)42/h2,4-5,13-16,21-23,27,37-38H,3,7-12H2,(H,31,39)(H2,29,32,33)/t21-,22+,23?,27?/m1/s1. The molecule has 3 fully saturated rings. The molecule has 0 radical (unpaired) electrons. The molecule has 0 spiro atoms. The van der Waals surface area contributed by atoms with Crippen LogP contribution < -0.4 is 15.8 Å². The second kappa shape index (κ2) is 12.0. The first-order chi connectivity index (χ1) is 21.2. The Morgan fingerprint density at radius 3 is 2.68 bits per heavy atom. The van der Waals surface area contributed by atoms with E-state index in [2.05, 4.69) is 32.1 Å². The SMILES string of the molecule is Nc1nc(C#CCC2CCN(C(=O)Oc3cccc([N+](=O)[O-])c3)CC2)nc2c1ncn2C1OC(C(=O)NC2CC2)[C@H](O)[C@@H]1O. The van der Waals surface area contributed by atoms with E-state index in [4.69, 9.17) is 15.2 Å². The minimum absolute atomic E-state index is 0.0640. The van der Waals surface area contributed by atoms with Gasteiger partial charge in [-0.2, -0.15) is 0 Å². The van der Waals surface area contributed by atoms with Crippen molar-refractivity contribution in [2.45, 2.75) is 62.7 Å². The van der Waals surface area contributed by atoms with Gasteiger partial charge in [-0.05, 0) is 43.6 Å². The molecule has 2 saturated heterocycles. The van der Waals surface area contributed by atoms with Gasteiger partial charge in [-0.3, -0.25) is 19.5 Å². The average Bonchev–Trinajstić information content (AvgIpc) is 3.64. The van der Waals surface area contributed by atoms with E-state index in [1.54, 1.807) is 4.90 Å². The van der Waals surface area contributed by atoms with Crippen molar-refractivity contribution in [3.63, 3.8) is 0 Å². The van der Waals surface area contributed by atoms with E-state index in [0.717, 1.165) is 12.8 Å². The fourth-order valence-corrected chi connectivity index (χ4v) is 5.22. The Labute approximate surface area is 250 Å². The molecule has 5 N–H and O–H groups in total. The van der Waals surface area contributed by atoms with Gasteiger partial charge in [0.25, 0.3) is 11.6 Å². The van der Waals surface area contributed by atoms with E-state index in [0.29, 0.717) is 32.4 Å². The van der Waals surface area contributed by atoms with Gasteiger partial charge in [-0.1, -0.05) is 12.0 Å². The zero-order valence-corrected chi connectivity index (χ0v) is 23.4. The lowest BCUT2D eigenvalue weighted by atomic mass is 9.94. The maximum Gasteiger partial charge on any atom is 0.415 e. The van der Waals surface area contributed by atoms with E-state index >= 15 is 0 Å². The van der Waals surface area contributed by atoms with Crippen LogP contribution in [0.25, 0.3) is 11.2 Å². The van der Waals surface area contributed by atoms with Crippen LogP contribution in [0.5, 0.6) is 5.75 Å². The van der Waals surface area contributed by atoms with Crippen molar-refractivity contribution in [2.75, 3.05) is 18.8 Å². The number of aromatic nitrogens is 4. The summed E-state index contributed by atoms with van der Waals surface area (Å²) in [5.74, 6) is 6.03. The van der Waals surface area contributed by atoms with Crippen molar-refractivity contribution in [1.29, 1.82) is 0 Å². The number of nitrogens with one attached hydrogen (secondary N) is 1. The molecule has 4 heterocycles. The lowest BCUT2D eigenvalue weighted by Crippen LogP contribution is -2.43. The number of nitrogens with zero attached hydrogens (tertiary/aromatic N) is 6. The zero-order valence-electron chi connectivity index (χ0n) is 23.4. The summed E-state index contributed by atoms with van der Waals surface area (Å²) in [7, 11) is 0. The van der Waals surface area contributed by atoms with Crippen molar-refractivity contribution in [3.8, 4) is 17.6 Å². The molecule has 2 aromatic heterocycles. The number of nitrogen functional groups attached to an aromatic ring is 1. The molecule has 230 valence electrons. The maximum atomic E-state index is 12.5. The summed E-state index contributed by atoms with van der Waals surface area (Å²) in [5, 5.41) is 34.9. The number of carbonyl (C=O) groups is 2. The van der Waals surface area contributed by atoms with Crippen molar-refractivity contribution in [1.82, 2.24) is 29.7 Å². The Kier molecular flexibility index (Phi) is 7.99. The lowest BCUT2D eigenvalue weighted by Gasteiger charge is -2.30. The average molecular weight is 607 g/mol. The van der Waals surface area contributed by atoms with Crippen LogP contribution >= 0.6 is 0 Å². The number of likely N-dealkylation sites (tertiary alicyclic amines) is 1. The number of piperidine rings is 1. The van der Waals surface area contributed by atoms with Crippen molar-refractivity contribution < 1.29 is 34.2 Å². The van der Waals surface area contributed by atoms with Crippen molar-refractivity contribution >= 4 is 34.7 Å². The number of ether oxygens (including phenoxy) is 2. The van der Waals surface area contributed by atoms with E-state index in [9.17, 15) is 29.9 Å². The normalized spacial score (nSPS) is 23.6. The first-order valence-corrected chi connectivity index (χ1v) is 14.2. The number of hydrogen-bond acceptors (Lipinski definition) is 12. The van der Waals surface area contributed by atoms with Crippen LogP contribution in [-0.2, 0) is 9.53 Å². The molecule has 3 aromatic rings. The third-order valence-electron chi connectivity index (χ3n) is 7.84. The molecule has 44 heavy (non-hydrogen) atoms. The number of imidazole rings is 1. The van der Waals surface area contributed by atoms with Gasteiger partial charge in [0, 0.05) is 31.6 Å². The van der Waals surface area contributed by atoms with Crippen LogP contribution in [0.2, 0.25) is 0 Å². The second-order valence-corrected chi connectivity index (χ2v) is 11.0. The number of nitro groups is 1. The molecule has 4 atom stereocenters. The Hall–Kier alpha value is -4.85. The third-order valence-corrected chi connectivity index (χ3v) is 7.84. The molecule has 2 aliphatic heterocycles. The Morgan fingerprint density at radius 2 is 1.95 bits per heavy atom. The van der Waals surface area contributed by atoms with Crippen LogP contribution in [-0.4, -0.2) is 89.0 Å². The van der Waals surface area contributed by atoms with Gasteiger partial charge in [0.1, 0.15) is 23.5 Å². The van der Waals surface area contributed by atoms with E-state index in [1.165, 1.54) is 35.2 Å². The fraction of sp³-hybridized carbons (Fsp3) is 0.464. The number of fused-ring (bicyclic) bond motifs is 1. The second-order valence-electron chi connectivity index (χ2n) is 11.0. The van der Waals surface area contributed by atoms with Crippen molar-refractivity contribution in [3.05, 3.63) is 46.5 Å². The fourth-order valence-electron chi connectivity index (χ4n) is 5.22. The highest BCUT2D eigenvalue weighted by Crippen LogP contribution is 2.33. The van der Waals surface area contributed by atoms with Gasteiger partial charge in [-0.25, -0.2) is 19.7 Å². The van der Waals surface area contributed by atoms with Crippen LogP contribution in [0.3, 0.4) is 0 Å². The van der Waals surface area contributed by atoms with Gasteiger partial charge in [0.15, 0.2) is 23.8 Å². The summed E-state index contributed by atoms with van der Waals surface area (Å²) in [6.45, 7) is 0.897. The number of benzene rings is 1. The topological polar surface area (TPSA) is 221 Å². The smallest absolute Gasteiger partial charge is 0.410 e. The minimum atomic E-state index is -1.44. The summed E-state index contributed by atoms with van der Waals surface area (Å²) < 4.78 is 12.5. The third kappa shape index (κ3) is 6.11. The van der Waals surface area contributed by atoms with Gasteiger partial charge < -0.3 is 35.6 Å². The lowest BCUT2D eigenvalue weighted by molar-refractivity contribution is -0.384. The highest BCUT2D eigenvalue weighted by Gasteiger charge is 2.48. The first-order valence-electron chi connectivity index (χ1n) is 14.2. The number of aliphatic hydroxyl groups excluding tert-OH is 2. The molecule has 3 aliphatic rings. The highest BCUT2D eigenvalue weighted by molar-refractivity contribution is 5.83. The van der Waals surface area contributed by atoms with Gasteiger partial charge in [-0.15, -0.1) is 0 Å². The number of hydrogen-bond donors (Lipinski definition) is 4. The summed E-state index contributed by atoms with van der Waals surface area (Å²) in [6.07, 6.45) is -0.836. The Balaban J connectivity index is 1.07. The van der Waals surface area contributed by atoms with Crippen molar-refractivity contribution in [2.24, 2.45) is 5.92 Å². The van der Waals surface area contributed by atoms with E-state index in [1.807, 2.05) is 0 Å². The number of anilines is 1. The number of rotatable bonds is 6. The number of amides is 2. The van der Waals surface area contributed by atoms with Crippen LogP contribution in [0, 0.1) is 27.9 Å². The molecule has 2 amide bonds. The van der Waals surface area contributed by atoms with E-state index in [-0.39, 0.29) is 46.2 Å². The van der Waals surface area contributed by atoms with Crippen LogP contribution in [0.15, 0.2) is 30.6 Å². The minimum Gasteiger partial charge on any atom is -0.410 e. The molecule has 2 unspecified atom stereocenters. The Bertz CT molecular complexity index is 1660. The molecule has 1 aliphatic carbocycles. The summed E-state index contributed by atoms with van der Waals surface area (Å²) in [4.78, 5) is 49.9. The number of aliphatic hydroxyl groups is 2. The molecule has 0 bridgehead atoms. The van der Waals surface area contributed by atoms with Gasteiger partial charge >= 0.3 is 6.09 Å². The molecule has 1 saturated carbocycles. The zero-order chi connectivity index (χ0) is 31.0. The predicted molar refractivity (Wildman–Crippen MR) is 152 cm³/mol. The number of non-ortho nitro benzene ring substituents is 1. The summed E-state index contributed by atoms with van der Waals surface area (Å²) in [5.41, 5.74) is 6.44. The van der Waals surface area contributed by atoms with Crippen LogP contribution in [0.1, 0.15) is 44.2 Å². The molecule has 1 aromatic carbocycles. The summed E-state index contributed by atoms with van der Waals surface area (Å²) in [6, 6.07) is 5.54. The predicted octanol–water partition coefficient (Wildman–Crippen LogP) is 0.867. The maximum absolute atomic E-state index is 12.5. The monoisotopic (exact) mass is 606 g/mol. The van der Waals surface area contributed by atoms with Gasteiger partial charge in [0.2, 0.25) is 5.82 Å². The molecule has 16 nitrogen and oxygen atoms in total. The molecule has 6 rings (SSSR count). The number of nitro benzene ring substituents is 1. The van der Waals surface area contributed by atoms with E-state index < -0.39 is 41.5 Å². The quantitative estimate of drug-likeness (QED) is 0.174. The largest absolute Gasteiger partial charge is 0.415 e.